The molecule has 2 saturated carbocycles. The minimum Gasteiger partial charge on any atom is -0.483 e. The molecule has 11 nitrogen and oxygen atoms in total. The molecule has 2 aromatic rings. The first-order valence-corrected chi connectivity index (χ1v) is 18.1. The summed E-state index contributed by atoms with van der Waals surface area (Å²) >= 11 is 6.99. The van der Waals surface area contributed by atoms with Crippen LogP contribution in [0.1, 0.15) is 105 Å². The summed E-state index contributed by atoms with van der Waals surface area (Å²) in [5, 5.41) is 0.177. The Morgan fingerprint density at radius 1 is 0.776 bits per heavy atom. The summed E-state index contributed by atoms with van der Waals surface area (Å²) in [5.74, 6) is -2.11. The Morgan fingerprint density at radius 2 is 1.29 bits per heavy atom. The number of alkyl halides is 2. The van der Waals surface area contributed by atoms with Crippen LogP contribution in [0.25, 0.3) is 11.0 Å². The number of esters is 4. The van der Waals surface area contributed by atoms with Crippen molar-refractivity contribution in [1.82, 2.24) is 0 Å². The van der Waals surface area contributed by atoms with E-state index in [0.29, 0.717) is 12.8 Å². The van der Waals surface area contributed by atoms with Crippen LogP contribution in [0.2, 0.25) is 0 Å². The third-order valence-corrected chi connectivity index (χ3v) is 14.0. The highest BCUT2D eigenvalue weighted by molar-refractivity contribution is 9.24. The summed E-state index contributed by atoms with van der Waals surface area (Å²) in [4.78, 5) is 68.7. The number of hydrogen-bond acceptors (Lipinski definition) is 11. The molecule has 7 rings (SSSR count). The van der Waals surface area contributed by atoms with E-state index in [4.69, 9.17) is 28.1 Å². The van der Waals surface area contributed by atoms with Crippen molar-refractivity contribution in [3.05, 3.63) is 39.7 Å². The van der Waals surface area contributed by atoms with Gasteiger partial charge in [0, 0.05) is 16.9 Å². The van der Waals surface area contributed by atoms with Crippen LogP contribution >= 0.6 is 31.9 Å². The lowest BCUT2D eigenvalue weighted by Crippen LogP contribution is -2.57. The minimum atomic E-state index is -1.62. The van der Waals surface area contributed by atoms with Crippen LogP contribution in [0.4, 0.5) is 0 Å². The topological polar surface area (TPSA) is 145 Å². The molecule has 6 atom stereocenters. The maximum atomic E-state index is 14.6. The number of fused-ring (bicyclic) bond motifs is 7. The van der Waals surface area contributed by atoms with Gasteiger partial charge in [0.05, 0.1) is 21.8 Å². The molecule has 0 spiro atoms. The van der Waals surface area contributed by atoms with Crippen molar-refractivity contribution in [2.24, 2.45) is 21.7 Å². The largest absolute Gasteiger partial charge is 0.483 e. The molecule has 2 saturated heterocycles. The standard InChI is InChI=1S/C36H40Br2O11/c1-29(2)24(46-28(43)36-15-13-33(8,26(41)49-36)31(36,5)6)23(45-27(42)35-14-12-32(7,25(40)48-35)30(35,3)4)21-19(47-29)11-10-17-18(39)16-20(34(9,37)38)44-22(17)21/h10-11,16,23-24H,12-15H2,1-9H3/t23-,24-,32+,33+,35-,36-/m1/s1. The molecule has 0 radical (unpaired) electrons. The monoisotopic (exact) mass is 806 g/mol. The Labute approximate surface area is 300 Å². The Balaban J connectivity index is 1.40. The molecule has 0 unspecified atom stereocenters. The zero-order chi connectivity index (χ0) is 36.1. The molecule has 0 N–H and O–H groups in total. The lowest BCUT2D eigenvalue weighted by Gasteiger charge is -2.45. The average Bonchev–Trinajstić information content (AvgIpc) is 3.45. The zero-order valence-corrected chi connectivity index (χ0v) is 32.1. The van der Waals surface area contributed by atoms with Crippen LogP contribution in [-0.2, 0) is 41.4 Å². The first kappa shape index (κ1) is 34.5. The molecule has 2 aliphatic carbocycles. The van der Waals surface area contributed by atoms with Gasteiger partial charge >= 0.3 is 23.9 Å². The van der Waals surface area contributed by atoms with E-state index >= 15 is 0 Å². The quantitative estimate of drug-likeness (QED) is 0.182. The Hall–Kier alpha value is -2.93. The van der Waals surface area contributed by atoms with Crippen molar-refractivity contribution in [3.63, 3.8) is 0 Å². The Morgan fingerprint density at radius 3 is 1.73 bits per heavy atom. The van der Waals surface area contributed by atoms with Crippen molar-refractivity contribution >= 4 is 66.7 Å². The summed E-state index contributed by atoms with van der Waals surface area (Å²) in [5.41, 5.74) is -8.34. The summed E-state index contributed by atoms with van der Waals surface area (Å²) in [6.07, 6.45) is -1.42. The summed E-state index contributed by atoms with van der Waals surface area (Å²) in [6, 6.07) is 4.49. The highest BCUT2D eigenvalue weighted by Gasteiger charge is 2.78. The molecular formula is C36H40Br2O11. The number of carbonyl (C=O) groups excluding carboxylic acids is 4. The van der Waals surface area contributed by atoms with Crippen LogP contribution in [0.3, 0.4) is 0 Å². The summed E-state index contributed by atoms with van der Waals surface area (Å²) < 4.78 is 36.4. The van der Waals surface area contributed by atoms with E-state index in [9.17, 15) is 24.0 Å². The Bertz CT molecular complexity index is 1940. The first-order chi connectivity index (χ1) is 22.4. The zero-order valence-electron chi connectivity index (χ0n) is 29.0. The number of benzene rings is 1. The fraction of sp³-hybridized carbons (Fsp3) is 0.639. The first-order valence-electron chi connectivity index (χ1n) is 16.5. The molecule has 3 aliphatic heterocycles. The lowest BCUT2D eigenvalue weighted by atomic mass is 9.66. The second-order valence-corrected chi connectivity index (χ2v) is 20.7. The fourth-order valence-electron chi connectivity index (χ4n) is 8.80. The van der Waals surface area contributed by atoms with E-state index in [2.05, 4.69) is 31.9 Å². The van der Waals surface area contributed by atoms with Gasteiger partial charge in [-0.1, -0.05) is 59.6 Å². The highest BCUT2D eigenvalue weighted by Crippen LogP contribution is 2.67. The summed E-state index contributed by atoms with van der Waals surface area (Å²) in [6.45, 7) is 15.9. The fourth-order valence-corrected chi connectivity index (χ4v) is 9.19. The molecular weight excluding hydrogens is 768 g/mol. The lowest BCUT2D eigenvalue weighted by molar-refractivity contribution is -0.217. The molecule has 4 fully saturated rings. The molecule has 13 heteroatoms. The predicted octanol–water partition coefficient (Wildman–Crippen LogP) is 6.67. The van der Waals surface area contributed by atoms with Gasteiger partial charge in [0.1, 0.15) is 25.9 Å². The third kappa shape index (κ3) is 4.08. The van der Waals surface area contributed by atoms with E-state index in [1.807, 2.05) is 27.7 Å². The molecule has 5 aliphatic rings. The van der Waals surface area contributed by atoms with Crippen molar-refractivity contribution in [1.29, 1.82) is 0 Å². The van der Waals surface area contributed by atoms with Gasteiger partial charge < -0.3 is 28.1 Å². The van der Waals surface area contributed by atoms with Crippen molar-refractivity contribution in [2.45, 2.75) is 120 Å². The van der Waals surface area contributed by atoms with E-state index in [1.54, 1.807) is 46.8 Å². The van der Waals surface area contributed by atoms with Gasteiger partial charge in [0.2, 0.25) is 11.2 Å². The van der Waals surface area contributed by atoms with Gasteiger partial charge in [-0.15, -0.1) is 0 Å². The molecule has 4 heterocycles. The molecule has 1 aromatic carbocycles. The summed E-state index contributed by atoms with van der Waals surface area (Å²) in [7, 11) is 0. The van der Waals surface area contributed by atoms with Gasteiger partial charge in [-0.2, -0.15) is 0 Å². The highest BCUT2D eigenvalue weighted by atomic mass is 79.9. The number of ether oxygens (including phenoxy) is 5. The normalized spacial score (nSPS) is 36.1. The van der Waals surface area contributed by atoms with Crippen molar-refractivity contribution < 1.29 is 47.3 Å². The number of hydrogen-bond donors (Lipinski definition) is 0. The average molecular weight is 809 g/mol. The molecule has 4 bridgehead atoms. The number of carbonyl (C=O) groups is 4. The van der Waals surface area contributed by atoms with E-state index in [-0.39, 0.29) is 46.3 Å². The maximum Gasteiger partial charge on any atom is 0.351 e. The van der Waals surface area contributed by atoms with Gasteiger partial charge in [0.15, 0.2) is 17.6 Å². The maximum absolute atomic E-state index is 14.6. The predicted molar refractivity (Wildman–Crippen MR) is 181 cm³/mol. The van der Waals surface area contributed by atoms with E-state index < -0.39 is 77.8 Å². The molecule has 264 valence electrons. The van der Waals surface area contributed by atoms with Gasteiger partial charge in [0.25, 0.3) is 0 Å². The number of rotatable bonds is 5. The minimum absolute atomic E-state index is 0.0649. The molecule has 49 heavy (non-hydrogen) atoms. The second-order valence-electron chi connectivity index (χ2n) is 16.4. The smallest absolute Gasteiger partial charge is 0.351 e. The van der Waals surface area contributed by atoms with Crippen LogP contribution in [0.5, 0.6) is 5.75 Å². The van der Waals surface area contributed by atoms with Crippen LogP contribution in [0, 0.1) is 21.7 Å². The van der Waals surface area contributed by atoms with Gasteiger partial charge in [-0.05, 0) is 72.4 Å². The van der Waals surface area contributed by atoms with Crippen LogP contribution in [-0.4, -0.2) is 46.8 Å². The van der Waals surface area contributed by atoms with Crippen LogP contribution in [0.15, 0.2) is 27.4 Å². The molecule has 1 aromatic heterocycles. The second kappa shape index (κ2) is 9.89. The third-order valence-electron chi connectivity index (χ3n) is 13.2. The van der Waals surface area contributed by atoms with Crippen molar-refractivity contribution in [3.8, 4) is 5.75 Å². The van der Waals surface area contributed by atoms with Gasteiger partial charge in [-0.3, -0.25) is 14.4 Å². The number of halogens is 2. The van der Waals surface area contributed by atoms with Gasteiger partial charge in [-0.25, -0.2) is 9.59 Å². The Kier molecular flexibility index (Phi) is 6.97. The SMILES string of the molecule is CC(Br)(Br)c1cc(=O)c2ccc3c(c2o1)[C@@H](OC(=O)[C@@]12CC[C@@](C)(C(=O)O1)C2(C)C)[C@@H](OC(=O)[C@@]12CC[C@@](C)(C(=O)O1)C2(C)C)C(C)(C)O3. The van der Waals surface area contributed by atoms with E-state index in [1.165, 1.54) is 6.07 Å². The van der Waals surface area contributed by atoms with Crippen LogP contribution < -0.4 is 10.2 Å². The van der Waals surface area contributed by atoms with E-state index in [0.717, 1.165) is 0 Å². The van der Waals surface area contributed by atoms with Crippen molar-refractivity contribution in [2.75, 3.05) is 0 Å². The molecule has 0 amide bonds.